The highest BCUT2D eigenvalue weighted by Crippen LogP contribution is 2.41. The smallest absolute Gasteiger partial charge is 0.136 e. The van der Waals surface area contributed by atoms with Crippen molar-refractivity contribution in [2.75, 3.05) is 6.61 Å². The van der Waals surface area contributed by atoms with Crippen molar-refractivity contribution in [2.45, 2.75) is 107 Å². The molecule has 33 heavy (non-hydrogen) atoms. The Morgan fingerprint density at radius 1 is 0.606 bits per heavy atom. The second kappa shape index (κ2) is 16.6. The summed E-state index contributed by atoms with van der Waals surface area (Å²) in [5.74, 6) is 0.815. The van der Waals surface area contributed by atoms with E-state index in [0.29, 0.717) is 17.3 Å². The Morgan fingerprint density at radius 3 is 1.64 bits per heavy atom. The van der Waals surface area contributed by atoms with Gasteiger partial charge in [0.25, 0.3) is 0 Å². The maximum Gasteiger partial charge on any atom is 0.136 e. The first-order chi connectivity index (χ1) is 16.1. The molecule has 2 aromatic carbocycles. The van der Waals surface area contributed by atoms with Crippen LogP contribution in [0.4, 0.5) is 0 Å². The minimum Gasteiger partial charge on any atom is -0.508 e. The summed E-state index contributed by atoms with van der Waals surface area (Å²) in [6.07, 6.45) is 18.5. The van der Waals surface area contributed by atoms with Crippen LogP contribution in [0.5, 0.6) is 23.0 Å². The van der Waals surface area contributed by atoms with Crippen LogP contribution in [0.15, 0.2) is 46.2 Å². The molecule has 0 fully saturated rings. The number of ether oxygens (including phenoxy) is 1. The van der Waals surface area contributed by atoms with Crippen molar-refractivity contribution in [3.63, 3.8) is 0 Å². The second-order valence-electron chi connectivity index (χ2n) is 8.83. The average molecular weight is 475 g/mol. The Kier molecular flexibility index (Phi) is 13.7. The second-order valence-corrected chi connectivity index (χ2v) is 9.91. The van der Waals surface area contributed by atoms with Crippen LogP contribution in [0.2, 0.25) is 0 Å². The topological polar surface area (TPSA) is 69.9 Å². The molecule has 0 unspecified atom stereocenters. The van der Waals surface area contributed by atoms with Crippen molar-refractivity contribution in [1.82, 2.24) is 0 Å². The summed E-state index contributed by atoms with van der Waals surface area (Å²) in [7, 11) is 0. The summed E-state index contributed by atoms with van der Waals surface area (Å²) in [6.45, 7) is 2.88. The molecule has 0 spiro atoms. The molecule has 184 valence electrons. The fourth-order valence-electron chi connectivity index (χ4n) is 3.88. The minimum absolute atomic E-state index is 0.0194. The zero-order valence-corrected chi connectivity index (χ0v) is 21.0. The van der Waals surface area contributed by atoms with Gasteiger partial charge in [0.2, 0.25) is 0 Å². The maximum absolute atomic E-state index is 10.0. The molecule has 2 aromatic rings. The van der Waals surface area contributed by atoms with E-state index in [1.54, 1.807) is 24.3 Å². The Bertz CT molecular complexity index is 793. The molecule has 0 bridgehead atoms. The fraction of sp³-hybridized carbons (Fsp3) is 0.571. The maximum atomic E-state index is 10.0. The van der Waals surface area contributed by atoms with Crippen LogP contribution >= 0.6 is 11.8 Å². The summed E-state index contributed by atoms with van der Waals surface area (Å²) >= 11 is 1.35. The molecular formula is C28H42O4S. The molecule has 0 aromatic heterocycles. The molecule has 0 radical (unpaired) electrons. The van der Waals surface area contributed by atoms with Gasteiger partial charge in [-0.1, -0.05) is 102 Å². The van der Waals surface area contributed by atoms with E-state index < -0.39 is 0 Å². The highest BCUT2D eigenvalue weighted by atomic mass is 32.2. The Morgan fingerprint density at radius 2 is 1.09 bits per heavy atom. The van der Waals surface area contributed by atoms with Crippen molar-refractivity contribution >= 4 is 11.8 Å². The van der Waals surface area contributed by atoms with Crippen LogP contribution in [0.3, 0.4) is 0 Å². The minimum atomic E-state index is 0.0194. The van der Waals surface area contributed by atoms with Gasteiger partial charge in [0.1, 0.15) is 23.0 Å². The third kappa shape index (κ3) is 11.6. The fourth-order valence-corrected chi connectivity index (χ4v) is 4.77. The Balaban J connectivity index is 1.57. The van der Waals surface area contributed by atoms with E-state index >= 15 is 0 Å². The van der Waals surface area contributed by atoms with Gasteiger partial charge in [-0.25, -0.2) is 0 Å². The summed E-state index contributed by atoms with van der Waals surface area (Å²) in [5, 5.41) is 29.4. The number of phenols is 3. The van der Waals surface area contributed by atoms with Gasteiger partial charge in [-0.3, -0.25) is 0 Å². The van der Waals surface area contributed by atoms with E-state index in [4.69, 9.17) is 4.74 Å². The number of hydrogen-bond donors (Lipinski definition) is 3. The zero-order valence-electron chi connectivity index (χ0n) is 20.2. The lowest BCUT2D eigenvalue weighted by Crippen LogP contribution is -1.98. The molecule has 0 amide bonds. The first-order valence-electron chi connectivity index (χ1n) is 12.8. The van der Waals surface area contributed by atoms with Gasteiger partial charge in [0.15, 0.2) is 0 Å². The van der Waals surface area contributed by atoms with Crippen molar-refractivity contribution in [3.05, 3.63) is 36.4 Å². The molecule has 0 heterocycles. The quantitative estimate of drug-likeness (QED) is 0.188. The lowest BCUT2D eigenvalue weighted by atomic mass is 10.0. The van der Waals surface area contributed by atoms with E-state index in [0.717, 1.165) is 17.7 Å². The van der Waals surface area contributed by atoms with Gasteiger partial charge in [0.05, 0.1) is 16.4 Å². The molecule has 2 rings (SSSR count). The molecule has 0 saturated carbocycles. The van der Waals surface area contributed by atoms with E-state index in [2.05, 4.69) is 6.92 Å². The number of benzene rings is 2. The lowest BCUT2D eigenvalue weighted by Gasteiger charge is -2.12. The largest absolute Gasteiger partial charge is 0.508 e. The van der Waals surface area contributed by atoms with Crippen molar-refractivity contribution in [2.24, 2.45) is 0 Å². The SMILES string of the molecule is CCCCCCCCCCCCCCCCOc1cc(O)ccc1Sc1ccc(O)cc1O. The number of unbranched alkanes of at least 4 members (excludes halogenated alkanes) is 13. The average Bonchev–Trinajstić information content (AvgIpc) is 2.79. The third-order valence-corrected chi connectivity index (χ3v) is 6.97. The summed E-state index contributed by atoms with van der Waals surface area (Å²) < 4.78 is 5.95. The molecule has 0 atom stereocenters. The summed E-state index contributed by atoms with van der Waals surface area (Å²) in [6, 6.07) is 9.53. The Hall–Kier alpha value is -2.01. The van der Waals surface area contributed by atoms with Gasteiger partial charge >= 0.3 is 0 Å². The van der Waals surface area contributed by atoms with Crippen LogP contribution in [0, 0.1) is 0 Å². The van der Waals surface area contributed by atoms with Crippen LogP contribution < -0.4 is 4.74 Å². The lowest BCUT2D eigenvalue weighted by molar-refractivity contribution is 0.296. The molecule has 4 nitrogen and oxygen atoms in total. The predicted octanol–water partition coefficient (Wildman–Crippen LogP) is 8.81. The monoisotopic (exact) mass is 474 g/mol. The van der Waals surface area contributed by atoms with E-state index in [1.807, 2.05) is 0 Å². The molecule has 3 N–H and O–H groups in total. The zero-order chi connectivity index (χ0) is 23.7. The molecule has 0 aliphatic rings. The van der Waals surface area contributed by atoms with Gasteiger partial charge in [0, 0.05) is 12.1 Å². The predicted molar refractivity (Wildman–Crippen MR) is 138 cm³/mol. The van der Waals surface area contributed by atoms with Crippen LogP contribution in [0.1, 0.15) is 96.8 Å². The van der Waals surface area contributed by atoms with Crippen molar-refractivity contribution < 1.29 is 20.1 Å². The molecule has 5 heteroatoms. The first kappa shape index (κ1) is 27.2. The molecular weight excluding hydrogens is 432 g/mol. The number of hydrogen-bond acceptors (Lipinski definition) is 5. The van der Waals surface area contributed by atoms with E-state index in [9.17, 15) is 15.3 Å². The number of rotatable bonds is 18. The summed E-state index contributed by atoms with van der Waals surface area (Å²) in [4.78, 5) is 1.44. The first-order valence-corrected chi connectivity index (χ1v) is 13.6. The van der Waals surface area contributed by atoms with Crippen LogP contribution in [-0.2, 0) is 0 Å². The van der Waals surface area contributed by atoms with Gasteiger partial charge in [-0.05, 0) is 30.7 Å². The van der Waals surface area contributed by atoms with Crippen molar-refractivity contribution in [1.29, 1.82) is 0 Å². The molecule has 0 saturated heterocycles. The number of aromatic hydroxyl groups is 3. The van der Waals surface area contributed by atoms with Gasteiger partial charge < -0.3 is 20.1 Å². The van der Waals surface area contributed by atoms with Gasteiger partial charge in [-0.2, -0.15) is 0 Å². The standard InChI is InChI=1S/C28H42O4S/c1-2-3-4-5-6-7-8-9-10-11-12-13-14-15-20-32-26-22-24(30)17-19-28(26)33-27-18-16-23(29)21-25(27)31/h16-19,21-22,29-31H,2-15,20H2,1H3. The molecule has 0 aliphatic heterocycles. The highest BCUT2D eigenvalue weighted by Gasteiger charge is 2.11. The highest BCUT2D eigenvalue weighted by molar-refractivity contribution is 7.99. The van der Waals surface area contributed by atoms with Crippen LogP contribution in [0.25, 0.3) is 0 Å². The molecule has 0 aliphatic carbocycles. The van der Waals surface area contributed by atoms with Crippen LogP contribution in [-0.4, -0.2) is 21.9 Å². The van der Waals surface area contributed by atoms with Crippen molar-refractivity contribution in [3.8, 4) is 23.0 Å². The van der Waals surface area contributed by atoms with E-state index in [1.165, 1.54) is 101 Å². The van der Waals surface area contributed by atoms with E-state index in [-0.39, 0.29) is 17.2 Å². The third-order valence-electron chi connectivity index (χ3n) is 5.85. The number of phenolic OH excluding ortho intramolecular Hbond substituents is 3. The normalized spacial score (nSPS) is 11.1. The summed E-state index contributed by atoms with van der Waals surface area (Å²) in [5.41, 5.74) is 0. The Labute approximate surface area is 204 Å². The van der Waals surface area contributed by atoms with Gasteiger partial charge in [-0.15, -0.1) is 0 Å².